The predicted molar refractivity (Wildman–Crippen MR) is 67.7 cm³/mol. The number of benzene rings is 1. The quantitative estimate of drug-likeness (QED) is 0.588. The number of nitrogen functional groups attached to an aromatic ring is 2. The van der Waals surface area contributed by atoms with Crippen LogP contribution >= 0.6 is 0 Å². The molecule has 0 saturated heterocycles. The molecule has 1 fully saturated rings. The molecule has 1 aromatic rings. The molecule has 0 spiro atoms. The van der Waals surface area contributed by atoms with E-state index < -0.39 is 0 Å². The Morgan fingerprint density at radius 1 is 1.00 bits per heavy atom. The van der Waals surface area contributed by atoms with E-state index in [-0.39, 0.29) is 6.10 Å². The molecule has 0 unspecified atom stereocenters. The lowest BCUT2D eigenvalue weighted by molar-refractivity contribution is 0.155. The monoisotopic (exact) mass is 216 g/mol. The van der Waals surface area contributed by atoms with Gasteiger partial charge in [0.05, 0.1) is 14.0 Å². The second kappa shape index (κ2) is 4.68. The number of ether oxygens (including phenoxy) is 1. The standard InChI is InChI=1S/C12H17BN2O/c13-8-1-3-11(4-2-8)16-12-6-9(14)5-10(15)7-12/h5-8,11H,1-4,14-15H2. The summed E-state index contributed by atoms with van der Waals surface area (Å²) in [7, 11) is 5.84. The van der Waals surface area contributed by atoms with Gasteiger partial charge in [0.1, 0.15) is 5.75 Å². The number of hydrogen-bond acceptors (Lipinski definition) is 3. The third-order valence-corrected chi connectivity index (χ3v) is 2.97. The normalized spacial score (nSPS) is 25.2. The number of rotatable bonds is 2. The third kappa shape index (κ3) is 2.84. The second-order valence-corrected chi connectivity index (χ2v) is 4.49. The summed E-state index contributed by atoms with van der Waals surface area (Å²) in [5.41, 5.74) is 12.7. The Balaban J connectivity index is 1.98. The summed E-state index contributed by atoms with van der Waals surface area (Å²) in [6.45, 7) is 0. The van der Waals surface area contributed by atoms with Crippen molar-refractivity contribution in [1.82, 2.24) is 0 Å². The molecule has 1 aliphatic rings. The molecule has 0 atom stereocenters. The van der Waals surface area contributed by atoms with Crippen LogP contribution in [0.4, 0.5) is 11.4 Å². The first-order valence-electron chi connectivity index (χ1n) is 5.72. The van der Waals surface area contributed by atoms with Crippen molar-refractivity contribution < 1.29 is 4.74 Å². The molecule has 0 amide bonds. The smallest absolute Gasteiger partial charge is 0.123 e. The maximum Gasteiger partial charge on any atom is 0.123 e. The molecule has 3 nitrogen and oxygen atoms in total. The molecule has 84 valence electrons. The highest BCUT2D eigenvalue weighted by Gasteiger charge is 2.19. The molecule has 0 aliphatic heterocycles. The Kier molecular flexibility index (Phi) is 3.27. The van der Waals surface area contributed by atoms with E-state index in [4.69, 9.17) is 24.1 Å². The maximum absolute atomic E-state index is 5.85. The van der Waals surface area contributed by atoms with Crippen LogP contribution in [0.25, 0.3) is 0 Å². The van der Waals surface area contributed by atoms with E-state index in [0.29, 0.717) is 17.2 Å². The summed E-state index contributed by atoms with van der Waals surface area (Å²) < 4.78 is 5.85. The van der Waals surface area contributed by atoms with Crippen LogP contribution in [0.2, 0.25) is 5.82 Å². The first-order valence-corrected chi connectivity index (χ1v) is 5.72. The fourth-order valence-electron chi connectivity index (χ4n) is 2.11. The topological polar surface area (TPSA) is 61.3 Å². The molecule has 0 bridgehead atoms. The van der Waals surface area contributed by atoms with Crippen molar-refractivity contribution >= 4 is 19.2 Å². The van der Waals surface area contributed by atoms with Crippen LogP contribution in [0.1, 0.15) is 25.7 Å². The maximum atomic E-state index is 5.85. The van der Waals surface area contributed by atoms with Gasteiger partial charge in [0.15, 0.2) is 0 Å². The molecule has 4 heteroatoms. The summed E-state index contributed by atoms with van der Waals surface area (Å²) in [6.07, 6.45) is 4.33. The minimum absolute atomic E-state index is 0.251. The summed E-state index contributed by atoms with van der Waals surface area (Å²) in [4.78, 5) is 0. The molecule has 2 radical (unpaired) electrons. The van der Waals surface area contributed by atoms with Crippen molar-refractivity contribution in [1.29, 1.82) is 0 Å². The van der Waals surface area contributed by atoms with Gasteiger partial charge in [-0.1, -0.05) is 18.7 Å². The van der Waals surface area contributed by atoms with Crippen molar-refractivity contribution in [2.75, 3.05) is 11.5 Å². The average Bonchev–Trinajstić information content (AvgIpc) is 2.20. The van der Waals surface area contributed by atoms with Gasteiger partial charge in [0.25, 0.3) is 0 Å². The van der Waals surface area contributed by atoms with Crippen LogP contribution in [-0.4, -0.2) is 14.0 Å². The average molecular weight is 216 g/mol. The molecule has 1 aromatic carbocycles. The fourth-order valence-corrected chi connectivity index (χ4v) is 2.11. The molecule has 16 heavy (non-hydrogen) atoms. The van der Waals surface area contributed by atoms with Gasteiger partial charge in [-0.2, -0.15) is 0 Å². The summed E-state index contributed by atoms with van der Waals surface area (Å²) in [5.74, 6) is 1.10. The molecule has 1 saturated carbocycles. The molecule has 0 heterocycles. The van der Waals surface area contributed by atoms with E-state index in [0.717, 1.165) is 31.4 Å². The van der Waals surface area contributed by atoms with Crippen LogP contribution < -0.4 is 16.2 Å². The van der Waals surface area contributed by atoms with E-state index >= 15 is 0 Å². The molecule has 2 rings (SSSR count). The summed E-state index contributed by atoms with van der Waals surface area (Å²) in [6, 6.07) is 5.35. The lowest BCUT2D eigenvalue weighted by Crippen LogP contribution is -2.22. The van der Waals surface area contributed by atoms with E-state index in [1.807, 2.05) is 12.1 Å². The predicted octanol–water partition coefficient (Wildman–Crippen LogP) is 2.13. The molecule has 1 aliphatic carbocycles. The van der Waals surface area contributed by atoms with Crippen molar-refractivity contribution in [3.63, 3.8) is 0 Å². The molecule has 0 aromatic heterocycles. The van der Waals surface area contributed by atoms with Gasteiger partial charge in [-0.15, -0.1) is 0 Å². The first-order chi connectivity index (χ1) is 7.63. The summed E-state index contributed by atoms with van der Waals surface area (Å²) in [5, 5.41) is 0. The largest absolute Gasteiger partial charge is 0.490 e. The minimum atomic E-state index is 0.251. The van der Waals surface area contributed by atoms with Crippen molar-refractivity contribution in [3.8, 4) is 5.75 Å². The molecular weight excluding hydrogens is 199 g/mol. The van der Waals surface area contributed by atoms with Crippen LogP contribution in [0.3, 0.4) is 0 Å². The van der Waals surface area contributed by atoms with Gasteiger partial charge in [0, 0.05) is 23.5 Å². The summed E-state index contributed by atoms with van der Waals surface area (Å²) >= 11 is 0. The van der Waals surface area contributed by atoms with E-state index in [1.165, 1.54) is 0 Å². The van der Waals surface area contributed by atoms with Gasteiger partial charge < -0.3 is 16.2 Å². The van der Waals surface area contributed by atoms with Gasteiger partial charge >= 0.3 is 0 Å². The zero-order valence-electron chi connectivity index (χ0n) is 9.36. The first kappa shape index (κ1) is 11.2. The zero-order valence-corrected chi connectivity index (χ0v) is 9.36. The van der Waals surface area contributed by atoms with E-state index in [2.05, 4.69) is 0 Å². The third-order valence-electron chi connectivity index (χ3n) is 2.97. The zero-order chi connectivity index (χ0) is 11.5. The lowest BCUT2D eigenvalue weighted by atomic mass is 9.75. The van der Waals surface area contributed by atoms with Gasteiger partial charge in [-0.05, 0) is 18.9 Å². The van der Waals surface area contributed by atoms with Crippen molar-refractivity contribution in [3.05, 3.63) is 18.2 Å². The Morgan fingerprint density at radius 3 is 2.12 bits per heavy atom. The van der Waals surface area contributed by atoms with Gasteiger partial charge in [0.2, 0.25) is 0 Å². The SMILES string of the molecule is [B]C1CCC(Oc2cc(N)cc(N)c2)CC1. The van der Waals surface area contributed by atoms with Crippen LogP contribution in [-0.2, 0) is 0 Å². The minimum Gasteiger partial charge on any atom is -0.490 e. The highest BCUT2D eigenvalue weighted by Crippen LogP contribution is 2.30. The highest BCUT2D eigenvalue weighted by atomic mass is 16.5. The van der Waals surface area contributed by atoms with E-state index in [9.17, 15) is 0 Å². The number of anilines is 2. The lowest BCUT2D eigenvalue weighted by Gasteiger charge is -2.27. The Bertz CT molecular complexity index is 342. The van der Waals surface area contributed by atoms with Crippen LogP contribution in [0.5, 0.6) is 5.75 Å². The van der Waals surface area contributed by atoms with Crippen molar-refractivity contribution in [2.45, 2.75) is 37.6 Å². The molecular formula is C12H17BN2O. The number of hydrogen-bond donors (Lipinski definition) is 2. The fraction of sp³-hybridized carbons (Fsp3) is 0.500. The highest BCUT2D eigenvalue weighted by molar-refractivity contribution is 6.11. The van der Waals surface area contributed by atoms with Crippen LogP contribution in [0, 0.1) is 0 Å². The Morgan fingerprint density at radius 2 is 1.56 bits per heavy atom. The number of nitrogens with two attached hydrogens (primary N) is 2. The van der Waals surface area contributed by atoms with E-state index in [1.54, 1.807) is 6.07 Å². The molecule has 4 N–H and O–H groups in total. The van der Waals surface area contributed by atoms with Crippen molar-refractivity contribution in [2.24, 2.45) is 0 Å². The van der Waals surface area contributed by atoms with Gasteiger partial charge in [-0.25, -0.2) is 0 Å². The van der Waals surface area contributed by atoms with Gasteiger partial charge in [-0.3, -0.25) is 0 Å². The Labute approximate surface area is 97.6 Å². The Hall–Kier alpha value is -1.32. The second-order valence-electron chi connectivity index (χ2n) is 4.49. The van der Waals surface area contributed by atoms with Crippen LogP contribution in [0.15, 0.2) is 18.2 Å².